The molecule has 0 N–H and O–H groups in total. The van der Waals surface area contributed by atoms with Crippen molar-refractivity contribution in [1.29, 1.82) is 0 Å². The average molecular weight is 341 g/mol. The van der Waals surface area contributed by atoms with Crippen molar-refractivity contribution in [1.82, 2.24) is 14.4 Å². The second-order valence-electron chi connectivity index (χ2n) is 7.05. The third-order valence-electron chi connectivity index (χ3n) is 5.65. The number of amides is 1. The van der Waals surface area contributed by atoms with Crippen molar-refractivity contribution in [2.75, 3.05) is 26.7 Å². The van der Waals surface area contributed by atoms with Crippen LogP contribution in [0.5, 0.6) is 0 Å². The lowest BCUT2D eigenvalue weighted by Gasteiger charge is -2.41. The van der Waals surface area contributed by atoms with Gasteiger partial charge in [-0.15, -0.1) is 0 Å². The highest BCUT2D eigenvalue weighted by molar-refractivity contribution is 5.96. The number of halogens is 1. The van der Waals surface area contributed by atoms with Crippen LogP contribution >= 0.6 is 0 Å². The van der Waals surface area contributed by atoms with Gasteiger partial charge in [0.05, 0.1) is 17.5 Å². The summed E-state index contributed by atoms with van der Waals surface area (Å²) in [5, 5.41) is 0.925. The van der Waals surface area contributed by atoms with E-state index >= 15 is 0 Å². The maximum Gasteiger partial charge on any atom is 0.230 e. The minimum Gasteiger partial charge on any atom is -0.345 e. The molecule has 0 saturated heterocycles. The fourth-order valence-electron chi connectivity index (χ4n) is 4.35. The molecule has 0 aliphatic carbocycles. The van der Waals surface area contributed by atoms with Crippen LogP contribution in [0.25, 0.3) is 16.5 Å². The highest BCUT2D eigenvalue weighted by atomic mass is 19.1. The molecule has 3 heterocycles. The number of carbonyl (C=O) groups is 1. The summed E-state index contributed by atoms with van der Waals surface area (Å²) in [6.07, 6.45) is 4.13. The van der Waals surface area contributed by atoms with Gasteiger partial charge in [0.25, 0.3) is 0 Å². The zero-order chi connectivity index (χ0) is 17.7. The Kier molecular flexibility index (Phi) is 3.91. The third-order valence-corrected chi connectivity index (χ3v) is 5.65. The van der Waals surface area contributed by atoms with Gasteiger partial charge in [0.2, 0.25) is 5.91 Å². The van der Waals surface area contributed by atoms with Gasteiger partial charge in [0.15, 0.2) is 0 Å². The highest BCUT2D eigenvalue weighted by Gasteiger charge is 2.36. The average Bonchev–Trinajstić information content (AvgIpc) is 3.00. The van der Waals surface area contributed by atoms with Crippen molar-refractivity contribution in [3.63, 3.8) is 0 Å². The lowest BCUT2D eigenvalue weighted by atomic mass is 9.85. The Morgan fingerprint density at radius 2 is 2.04 bits per heavy atom. The lowest BCUT2D eigenvalue weighted by molar-refractivity contribution is -0.134. The van der Waals surface area contributed by atoms with Crippen molar-refractivity contribution >= 4 is 22.4 Å². The van der Waals surface area contributed by atoms with Crippen molar-refractivity contribution in [2.45, 2.75) is 26.4 Å². The molecular formula is C20H24FN3O. The van der Waals surface area contributed by atoms with Crippen LogP contribution in [-0.4, -0.2) is 53.0 Å². The van der Waals surface area contributed by atoms with Gasteiger partial charge < -0.3 is 9.47 Å². The van der Waals surface area contributed by atoms with Gasteiger partial charge in [-0.2, -0.15) is 0 Å². The molecule has 5 heteroatoms. The number of nitrogens with zero attached hydrogens (tertiary/aromatic N) is 3. The summed E-state index contributed by atoms with van der Waals surface area (Å²) in [6.45, 7) is 7.00. The van der Waals surface area contributed by atoms with Crippen LogP contribution in [0.3, 0.4) is 0 Å². The fourth-order valence-corrected chi connectivity index (χ4v) is 4.35. The number of hydrogen-bond acceptors (Lipinski definition) is 2. The van der Waals surface area contributed by atoms with Gasteiger partial charge in [-0.1, -0.05) is 6.08 Å². The molecule has 132 valence electrons. The SMILES string of the molecule is CCN(CC)C(=O)[C@@H]1C=C2c3cc(F)cc4ccn(c34)C[C@H]2N(C)C1. The Bertz CT molecular complexity index is 865. The van der Waals surface area contributed by atoms with E-state index in [9.17, 15) is 9.18 Å². The number of likely N-dealkylation sites (N-methyl/N-ethyl adjacent to an activating group) is 1. The van der Waals surface area contributed by atoms with Gasteiger partial charge in [0, 0.05) is 43.3 Å². The first-order valence-electron chi connectivity index (χ1n) is 9.03. The lowest BCUT2D eigenvalue weighted by Crippen LogP contribution is -2.48. The van der Waals surface area contributed by atoms with Crippen LogP contribution in [0.4, 0.5) is 4.39 Å². The maximum absolute atomic E-state index is 14.1. The largest absolute Gasteiger partial charge is 0.345 e. The molecule has 0 bridgehead atoms. The molecule has 2 aromatic rings. The summed E-state index contributed by atoms with van der Waals surface area (Å²) in [4.78, 5) is 17.0. The number of hydrogen-bond donors (Lipinski definition) is 0. The quantitative estimate of drug-likeness (QED) is 0.859. The van der Waals surface area contributed by atoms with Crippen molar-refractivity contribution in [2.24, 2.45) is 5.92 Å². The van der Waals surface area contributed by atoms with Crippen LogP contribution < -0.4 is 0 Å². The van der Waals surface area contributed by atoms with E-state index in [0.717, 1.165) is 41.7 Å². The van der Waals surface area contributed by atoms with E-state index in [1.807, 2.05) is 31.0 Å². The molecule has 0 saturated carbocycles. The molecule has 2 aliphatic rings. The summed E-state index contributed by atoms with van der Waals surface area (Å²) in [5.41, 5.74) is 3.10. The van der Waals surface area contributed by atoms with Gasteiger partial charge in [-0.05, 0) is 44.7 Å². The van der Waals surface area contributed by atoms with Crippen molar-refractivity contribution in [3.05, 3.63) is 41.9 Å². The molecule has 2 atom stereocenters. The maximum atomic E-state index is 14.1. The van der Waals surface area contributed by atoms with E-state index < -0.39 is 0 Å². The zero-order valence-electron chi connectivity index (χ0n) is 15.0. The summed E-state index contributed by atoms with van der Waals surface area (Å²) < 4.78 is 16.3. The molecule has 1 aromatic heterocycles. The highest BCUT2D eigenvalue weighted by Crippen LogP contribution is 2.39. The normalized spacial score (nSPS) is 22.6. The molecule has 4 rings (SSSR count). The first-order chi connectivity index (χ1) is 12.0. The number of rotatable bonds is 3. The summed E-state index contributed by atoms with van der Waals surface area (Å²) in [7, 11) is 2.06. The predicted molar refractivity (Wildman–Crippen MR) is 97.7 cm³/mol. The van der Waals surface area contributed by atoms with Crippen molar-refractivity contribution in [3.8, 4) is 0 Å². The third kappa shape index (κ3) is 2.49. The predicted octanol–water partition coefficient (Wildman–Crippen LogP) is 2.98. The first kappa shape index (κ1) is 16.3. The molecule has 0 unspecified atom stereocenters. The number of carbonyl (C=O) groups excluding carboxylic acids is 1. The van der Waals surface area contributed by atoms with Crippen LogP contribution in [0, 0.1) is 11.7 Å². The molecule has 1 aromatic carbocycles. The molecule has 1 amide bonds. The summed E-state index contributed by atoms with van der Waals surface area (Å²) in [5.74, 6) is -0.228. The fraction of sp³-hybridized carbons (Fsp3) is 0.450. The van der Waals surface area contributed by atoms with E-state index in [1.54, 1.807) is 12.1 Å². The molecule has 4 nitrogen and oxygen atoms in total. The van der Waals surface area contributed by atoms with Crippen LogP contribution in [0.1, 0.15) is 19.4 Å². The number of aromatic nitrogens is 1. The second kappa shape index (κ2) is 5.99. The molecule has 2 aliphatic heterocycles. The topological polar surface area (TPSA) is 28.5 Å². The second-order valence-corrected chi connectivity index (χ2v) is 7.05. The van der Waals surface area contributed by atoms with E-state index in [-0.39, 0.29) is 23.7 Å². The Morgan fingerprint density at radius 1 is 1.28 bits per heavy atom. The zero-order valence-corrected chi connectivity index (χ0v) is 15.0. The standard InChI is InChI=1S/C20H24FN3O/c1-4-23(5-2)20(25)14-9-16-17-10-15(21)8-13-6-7-24(19(13)17)12-18(16)22(3)11-14/h6-10,14,18H,4-5,11-12H2,1-3H3/t14-,18-/m1/s1. The Balaban J connectivity index is 1.83. The minimum absolute atomic E-state index is 0.163. The Morgan fingerprint density at radius 3 is 2.76 bits per heavy atom. The number of benzene rings is 1. The van der Waals surface area contributed by atoms with E-state index in [4.69, 9.17) is 0 Å². The first-order valence-corrected chi connectivity index (χ1v) is 9.03. The van der Waals surface area contributed by atoms with Gasteiger partial charge in [-0.3, -0.25) is 9.69 Å². The molecular weight excluding hydrogens is 317 g/mol. The monoisotopic (exact) mass is 341 g/mol. The van der Waals surface area contributed by atoms with E-state index in [0.29, 0.717) is 6.54 Å². The van der Waals surface area contributed by atoms with Crippen LogP contribution in [-0.2, 0) is 11.3 Å². The molecule has 0 spiro atoms. The Hall–Kier alpha value is -2.14. The summed E-state index contributed by atoms with van der Waals surface area (Å²) >= 11 is 0. The molecule has 0 radical (unpaired) electrons. The van der Waals surface area contributed by atoms with Crippen molar-refractivity contribution < 1.29 is 9.18 Å². The molecule has 0 fully saturated rings. The van der Waals surface area contributed by atoms with E-state index in [1.165, 1.54) is 0 Å². The van der Waals surface area contributed by atoms with Gasteiger partial charge >= 0.3 is 0 Å². The summed E-state index contributed by atoms with van der Waals surface area (Å²) in [6, 6.07) is 5.36. The smallest absolute Gasteiger partial charge is 0.230 e. The molecule has 25 heavy (non-hydrogen) atoms. The van der Waals surface area contributed by atoms with E-state index in [2.05, 4.69) is 22.6 Å². The van der Waals surface area contributed by atoms with Gasteiger partial charge in [-0.25, -0.2) is 4.39 Å². The number of fused-ring (bicyclic) bond motifs is 2. The van der Waals surface area contributed by atoms with Crippen LogP contribution in [0.15, 0.2) is 30.5 Å². The minimum atomic E-state index is -0.221. The van der Waals surface area contributed by atoms with Gasteiger partial charge in [0.1, 0.15) is 5.82 Å². The van der Waals surface area contributed by atoms with Crippen LogP contribution in [0.2, 0.25) is 0 Å². The Labute approximate surface area is 147 Å².